The van der Waals surface area contributed by atoms with Crippen LogP contribution in [0.5, 0.6) is 0 Å². The summed E-state index contributed by atoms with van der Waals surface area (Å²) < 4.78 is 0. The first-order valence-corrected chi connectivity index (χ1v) is 7.00. The zero-order valence-electron chi connectivity index (χ0n) is 11.6. The maximum absolute atomic E-state index is 11.9. The normalized spacial score (nSPS) is 25.6. The molecule has 17 heavy (non-hydrogen) atoms. The maximum Gasteiger partial charge on any atom is 0.220 e. The van der Waals surface area contributed by atoms with Crippen LogP contribution in [0.4, 0.5) is 0 Å². The van der Waals surface area contributed by atoms with Crippen molar-refractivity contribution in [3.8, 4) is 0 Å². The lowest BCUT2D eigenvalue weighted by molar-refractivity contribution is -0.122. The highest BCUT2D eigenvalue weighted by Crippen LogP contribution is 2.26. The number of rotatable bonds is 5. The molecule has 0 bridgehead atoms. The van der Waals surface area contributed by atoms with Gasteiger partial charge in [-0.25, -0.2) is 0 Å². The van der Waals surface area contributed by atoms with E-state index in [9.17, 15) is 4.79 Å². The third-order valence-electron chi connectivity index (χ3n) is 3.78. The summed E-state index contributed by atoms with van der Waals surface area (Å²) in [7, 11) is 0. The highest BCUT2D eigenvalue weighted by Gasteiger charge is 2.25. The number of hydrogen-bond donors (Lipinski definition) is 2. The molecule has 2 unspecified atom stereocenters. The third kappa shape index (κ3) is 5.53. The van der Waals surface area contributed by atoms with Crippen molar-refractivity contribution in [3.63, 3.8) is 0 Å². The van der Waals surface area contributed by atoms with Gasteiger partial charge < -0.3 is 11.1 Å². The van der Waals surface area contributed by atoms with Crippen LogP contribution in [0.2, 0.25) is 0 Å². The third-order valence-corrected chi connectivity index (χ3v) is 3.78. The van der Waals surface area contributed by atoms with Crippen LogP contribution >= 0.6 is 0 Å². The van der Waals surface area contributed by atoms with Gasteiger partial charge >= 0.3 is 0 Å². The van der Waals surface area contributed by atoms with Gasteiger partial charge in [-0.05, 0) is 39.0 Å². The van der Waals surface area contributed by atoms with Crippen molar-refractivity contribution in [2.24, 2.45) is 11.7 Å². The summed E-state index contributed by atoms with van der Waals surface area (Å²) >= 11 is 0. The zero-order valence-corrected chi connectivity index (χ0v) is 11.6. The zero-order chi connectivity index (χ0) is 12.9. The van der Waals surface area contributed by atoms with Gasteiger partial charge in [-0.15, -0.1) is 0 Å². The molecule has 3 nitrogen and oxygen atoms in total. The van der Waals surface area contributed by atoms with E-state index in [0.717, 1.165) is 12.8 Å². The molecule has 1 aliphatic carbocycles. The lowest BCUT2D eigenvalue weighted by Crippen LogP contribution is -2.43. The van der Waals surface area contributed by atoms with Crippen molar-refractivity contribution in [1.82, 2.24) is 5.32 Å². The second kappa shape index (κ2) is 6.39. The Morgan fingerprint density at radius 2 is 2.00 bits per heavy atom. The van der Waals surface area contributed by atoms with Gasteiger partial charge in [0.2, 0.25) is 5.91 Å². The Kier molecular flexibility index (Phi) is 5.44. The second-order valence-corrected chi connectivity index (χ2v) is 6.12. The van der Waals surface area contributed by atoms with E-state index in [2.05, 4.69) is 12.2 Å². The number of amides is 1. The van der Waals surface area contributed by atoms with Crippen LogP contribution in [-0.2, 0) is 4.79 Å². The molecule has 1 aliphatic rings. The summed E-state index contributed by atoms with van der Waals surface area (Å²) in [5, 5.41) is 3.20. The van der Waals surface area contributed by atoms with Gasteiger partial charge in [-0.3, -0.25) is 4.79 Å². The number of carbonyl (C=O) groups excluding carboxylic acids is 1. The SMILES string of the molecule is CCC1CCCCC1NC(=O)CCC(C)(C)N. The van der Waals surface area contributed by atoms with E-state index in [-0.39, 0.29) is 11.4 Å². The van der Waals surface area contributed by atoms with Gasteiger partial charge in [-0.2, -0.15) is 0 Å². The van der Waals surface area contributed by atoms with Crippen LogP contribution in [0.1, 0.15) is 65.7 Å². The standard InChI is InChI=1S/C14H28N2O/c1-4-11-7-5-6-8-12(11)16-13(17)9-10-14(2,3)15/h11-12H,4-10,15H2,1-3H3,(H,16,17). The van der Waals surface area contributed by atoms with E-state index in [4.69, 9.17) is 5.73 Å². The van der Waals surface area contributed by atoms with Gasteiger partial charge in [0.05, 0.1) is 0 Å². The monoisotopic (exact) mass is 240 g/mol. The highest BCUT2D eigenvalue weighted by atomic mass is 16.1. The van der Waals surface area contributed by atoms with E-state index < -0.39 is 0 Å². The van der Waals surface area contributed by atoms with Crippen LogP contribution in [0.15, 0.2) is 0 Å². The number of hydrogen-bond acceptors (Lipinski definition) is 2. The molecule has 0 aromatic rings. The summed E-state index contributed by atoms with van der Waals surface area (Å²) in [5.41, 5.74) is 5.65. The molecular weight excluding hydrogens is 212 g/mol. The average molecular weight is 240 g/mol. The summed E-state index contributed by atoms with van der Waals surface area (Å²) in [4.78, 5) is 11.9. The van der Waals surface area contributed by atoms with E-state index in [1.54, 1.807) is 0 Å². The molecule has 0 aromatic carbocycles. The van der Waals surface area contributed by atoms with Crippen LogP contribution < -0.4 is 11.1 Å². The Balaban J connectivity index is 2.33. The van der Waals surface area contributed by atoms with Crippen LogP contribution in [0, 0.1) is 5.92 Å². The quantitative estimate of drug-likeness (QED) is 0.776. The molecule has 1 saturated carbocycles. The van der Waals surface area contributed by atoms with Gasteiger partial charge in [0.1, 0.15) is 0 Å². The molecular formula is C14H28N2O. The van der Waals surface area contributed by atoms with Gasteiger partial charge in [0, 0.05) is 18.0 Å². The second-order valence-electron chi connectivity index (χ2n) is 6.12. The fourth-order valence-corrected chi connectivity index (χ4v) is 2.60. The average Bonchev–Trinajstić information content (AvgIpc) is 2.26. The topological polar surface area (TPSA) is 55.1 Å². The molecule has 1 amide bonds. The molecule has 100 valence electrons. The summed E-state index contributed by atoms with van der Waals surface area (Å²) in [6.45, 7) is 6.16. The van der Waals surface area contributed by atoms with E-state index in [1.807, 2.05) is 13.8 Å². The number of carbonyl (C=O) groups is 1. The molecule has 3 N–H and O–H groups in total. The summed E-state index contributed by atoms with van der Waals surface area (Å²) in [6, 6.07) is 0.405. The first kappa shape index (κ1) is 14.5. The minimum absolute atomic E-state index is 0.175. The Bertz CT molecular complexity index is 245. The van der Waals surface area contributed by atoms with E-state index >= 15 is 0 Å². The van der Waals surface area contributed by atoms with Crippen LogP contribution in [0.3, 0.4) is 0 Å². The van der Waals surface area contributed by atoms with Crippen molar-refractivity contribution in [3.05, 3.63) is 0 Å². The predicted molar refractivity (Wildman–Crippen MR) is 71.7 cm³/mol. The van der Waals surface area contributed by atoms with Gasteiger partial charge in [0.15, 0.2) is 0 Å². The van der Waals surface area contributed by atoms with Crippen molar-refractivity contribution in [2.75, 3.05) is 0 Å². The van der Waals surface area contributed by atoms with Crippen molar-refractivity contribution < 1.29 is 4.79 Å². The molecule has 1 fully saturated rings. The Morgan fingerprint density at radius 1 is 1.35 bits per heavy atom. The van der Waals surface area contributed by atoms with Crippen LogP contribution in [-0.4, -0.2) is 17.5 Å². The molecule has 0 heterocycles. The largest absolute Gasteiger partial charge is 0.353 e. The van der Waals surface area contributed by atoms with Crippen molar-refractivity contribution >= 4 is 5.91 Å². The van der Waals surface area contributed by atoms with Gasteiger partial charge in [-0.1, -0.05) is 26.2 Å². The molecule has 0 radical (unpaired) electrons. The number of nitrogens with one attached hydrogen (secondary N) is 1. The maximum atomic E-state index is 11.9. The Morgan fingerprint density at radius 3 is 2.59 bits per heavy atom. The lowest BCUT2D eigenvalue weighted by atomic mass is 9.83. The van der Waals surface area contributed by atoms with Crippen molar-refractivity contribution in [1.29, 1.82) is 0 Å². The van der Waals surface area contributed by atoms with Crippen LogP contribution in [0.25, 0.3) is 0 Å². The molecule has 0 saturated heterocycles. The number of nitrogens with two attached hydrogens (primary N) is 1. The predicted octanol–water partition coefficient (Wildman–Crippen LogP) is 2.59. The Hall–Kier alpha value is -0.570. The summed E-state index contributed by atoms with van der Waals surface area (Å²) in [5.74, 6) is 0.854. The van der Waals surface area contributed by atoms with Gasteiger partial charge in [0.25, 0.3) is 0 Å². The molecule has 0 aliphatic heterocycles. The van der Waals surface area contributed by atoms with E-state index in [1.165, 1.54) is 25.7 Å². The fraction of sp³-hybridized carbons (Fsp3) is 0.929. The minimum Gasteiger partial charge on any atom is -0.353 e. The minimum atomic E-state index is -0.242. The fourth-order valence-electron chi connectivity index (χ4n) is 2.60. The first-order valence-electron chi connectivity index (χ1n) is 7.00. The smallest absolute Gasteiger partial charge is 0.220 e. The molecule has 3 heteroatoms. The highest BCUT2D eigenvalue weighted by molar-refractivity contribution is 5.76. The molecule has 2 atom stereocenters. The first-order chi connectivity index (χ1) is 7.92. The lowest BCUT2D eigenvalue weighted by Gasteiger charge is -2.31. The Labute approximate surface area is 106 Å². The van der Waals surface area contributed by atoms with Crippen molar-refractivity contribution in [2.45, 2.75) is 77.3 Å². The van der Waals surface area contributed by atoms with E-state index in [0.29, 0.717) is 18.4 Å². The molecule has 0 aromatic heterocycles. The summed E-state index contributed by atoms with van der Waals surface area (Å²) in [6.07, 6.45) is 7.47. The molecule has 0 spiro atoms. The molecule has 1 rings (SSSR count).